The number of aromatic nitrogens is 1. The topological polar surface area (TPSA) is 91.3 Å². The molecule has 0 radical (unpaired) electrons. The maximum absolute atomic E-state index is 11.6. The Labute approximate surface area is 109 Å². The summed E-state index contributed by atoms with van der Waals surface area (Å²) in [6.07, 6.45) is 0.684. The van der Waals surface area contributed by atoms with Crippen LogP contribution in [0.2, 0.25) is 0 Å². The molecule has 1 rings (SSSR count). The third-order valence-electron chi connectivity index (χ3n) is 2.68. The number of nitrogens with one attached hydrogen (secondary N) is 2. The first-order valence-corrected chi connectivity index (χ1v) is 6.63. The molecule has 3 N–H and O–H groups in total. The van der Waals surface area contributed by atoms with E-state index in [9.17, 15) is 9.59 Å². The minimum atomic E-state index is -1.02. The third kappa shape index (κ3) is 4.33. The van der Waals surface area contributed by atoms with Crippen molar-refractivity contribution >= 4 is 23.3 Å². The fraction of sp³-hybridized carbons (Fsp3) is 0.545. The van der Waals surface area contributed by atoms with Crippen molar-refractivity contribution in [2.45, 2.75) is 32.9 Å². The molecule has 7 heteroatoms. The largest absolute Gasteiger partial charge is 0.480 e. The molecule has 1 aromatic heterocycles. The highest BCUT2D eigenvalue weighted by atomic mass is 32.1. The number of carboxylic acids is 1. The molecule has 0 aliphatic rings. The van der Waals surface area contributed by atoms with Crippen LogP contribution in [0.3, 0.4) is 0 Å². The lowest BCUT2D eigenvalue weighted by Gasteiger charge is -2.20. The lowest BCUT2D eigenvalue weighted by Crippen LogP contribution is -2.48. The van der Waals surface area contributed by atoms with Crippen molar-refractivity contribution in [1.29, 1.82) is 0 Å². The minimum absolute atomic E-state index is 0.118. The zero-order valence-corrected chi connectivity index (χ0v) is 11.2. The Morgan fingerprint density at radius 1 is 1.56 bits per heavy atom. The van der Waals surface area contributed by atoms with E-state index in [2.05, 4.69) is 15.6 Å². The highest BCUT2D eigenvalue weighted by molar-refractivity contribution is 7.07. The Hall–Kier alpha value is -1.63. The first-order valence-electron chi connectivity index (χ1n) is 5.68. The van der Waals surface area contributed by atoms with Gasteiger partial charge in [-0.15, -0.1) is 11.3 Å². The van der Waals surface area contributed by atoms with Crippen molar-refractivity contribution in [2.75, 3.05) is 0 Å². The lowest BCUT2D eigenvalue weighted by molar-refractivity contribution is -0.140. The van der Waals surface area contributed by atoms with Gasteiger partial charge in [0, 0.05) is 5.38 Å². The van der Waals surface area contributed by atoms with E-state index in [0.717, 1.165) is 5.69 Å². The number of carboxylic acid groups (broad SMARTS) is 1. The van der Waals surface area contributed by atoms with Crippen molar-refractivity contribution in [1.82, 2.24) is 15.6 Å². The summed E-state index contributed by atoms with van der Waals surface area (Å²) < 4.78 is 0. The van der Waals surface area contributed by atoms with Crippen molar-refractivity contribution in [3.05, 3.63) is 16.6 Å². The number of amides is 2. The number of hydrogen-bond donors (Lipinski definition) is 3. The van der Waals surface area contributed by atoms with Crippen molar-refractivity contribution in [2.24, 2.45) is 5.92 Å². The molecule has 0 aromatic carbocycles. The predicted octanol–water partition coefficient (Wildman–Crippen LogP) is 1.44. The van der Waals surface area contributed by atoms with Gasteiger partial charge in [0.1, 0.15) is 6.04 Å². The van der Waals surface area contributed by atoms with E-state index >= 15 is 0 Å². The van der Waals surface area contributed by atoms with Gasteiger partial charge in [-0.2, -0.15) is 0 Å². The van der Waals surface area contributed by atoms with E-state index < -0.39 is 18.0 Å². The molecule has 0 bridgehead atoms. The number of thiazole rings is 1. The van der Waals surface area contributed by atoms with Crippen LogP contribution in [-0.2, 0) is 11.3 Å². The van der Waals surface area contributed by atoms with Gasteiger partial charge in [-0.25, -0.2) is 14.6 Å². The zero-order valence-electron chi connectivity index (χ0n) is 10.3. The normalized spacial score (nSPS) is 13.7. The fourth-order valence-electron chi connectivity index (χ4n) is 1.37. The lowest BCUT2D eigenvalue weighted by atomic mass is 9.99. The summed E-state index contributed by atoms with van der Waals surface area (Å²) in [5.41, 5.74) is 2.43. The summed E-state index contributed by atoms with van der Waals surface area (Å²) in [5, 5.41) is 15.9. The molecule has 1 heterocycles. The third-order valence-corrected chi connectivity index (χ3v) is 3.31. The second-order valence-corrected chi connectivity index (χ2v) is 4.73. The van der Waals surface area contributed by atoms with Crippen LogP contribution in [0.15, 0.2) is 10.9 Å². The number of rotatable bonds is 6. The van der Waals surface area contributed by atoms with Crippen LogP contribution in [-0.4, -0.2) is 28.1 Å². The Morgan fingerprint density at radius 3 is 2.78 bits per heavy atom. The number of carbonyl (C=O) groups excluding carboxylic acids is 1. The van der Waals surface area contributed by atoms with E-state index in [4.69, 9.17) is 5.11 Å². The number of carbonyl (C=O) groups is 2. The van der Waals surface area contributed by atoms with Gasteiger partial charge in [0.05, 0.1) is 17.7 Å². The fourth-order valence-corrected chi connectivity index (χ4v) is 1.93. The number of hydrogen-bond acceptors (Lipinski definition) is 4. The van der Waals surface area contributed by atoms with Gasteiger partial charge in [-0.1, -0.05) is 20.3 Å². The molecular formula is C11H17N3O3S. The van der Waals surface area contributed by atoms with Crippen LogP contribution in [0, 0.1) is 5.92 Å². The molecule has 18 heavy (non-hydrogen) atoms. The van der Waals surface area contributed by atoms with Crippen LogP contribution in [0.5, 0.6) is 0 Å². The predicted molar refractivity (Wildman–Crippen MR) is 68.4 cm³/mol. The van der Waals surface area contributed by atoms with Crippen LogP contribution < -0.4 is 10.6 Å². The van der Waals surface area contributed by atoms with Crippen molar-refractivity contribution in [3.63, 3.8) is 0 Å². The first-order chi connectivity index (χ1) is 8.54. The van der Waals surface area contributed by atoms with E-state index in [1.807, 2.05) is 12.3 Å². The molecule has 0 aliphatic carbocycles. The molecule has 100 valence electrons. The Kier molecular flexibility index (Phi) is 5.57. The zero-order chi connectivity index (χ0) is 13.5. The maximum atomic E-state index is 11.6. The van der Waals surface area contributed by atoms with Gasteiger partial charge >= 0.3 is 12.0 Å². The highest BCUT2D eigenvalue weighted by Gasteiger charge is 2.25. The van der Waals surface area contributed by atoms with Gasteiger partial charge in [-0.3, -0.25) is 0 Å². The average molecular weight is 271 g/mol. The average Bonchev–Trinajstić information content (AvgIpc) is 2.85. The van der Waals surface area contributed by atoms with E-state index in [-0.39, 0.29) is 5.92 Å². The molecule has 0 saturated heterocycles. The van der Waals surface area contributed by atoms with Crippen molar-refractivity contribution in [3.8, 4) is 0 Å². The van der Waals surface area contributed by atoms with Crippen LogP contribution in [0.1, 0.15) is 26.0 Å². The smallest absolute Gasteiger partial charge is 0.326 e. The Bertz CT molecular complexity index is 394. The van der Waals surface area contributed by atoms with Gasteiger partial charge in [0.15, 0.2) is 0 Å². The molecule has 1 aromatic rings. The quantitative estimate of drug-likeness (QED) is 0.730. The highest BCUT2D eigenvalue weighted by Crippen LogP contribution is 2.07. The van der Waals surface area contributed by atoms with Crippen LogP contribution in [0.25, 0.3) is 0 Å². The first kappa shape index (κ1) is 14.4. The summed E-state index contributed by atoms with van der Waals surface area (Å²) in [6.45, 7) is 3.97. The van der Waals surface area contributed by atoms with E-state index in [0.29, 0.717) is 13.0 Å². The number of nitrogens with zero attached hydrogens (tertiary/aromatic N) is 1. The van der Waals surface area contributed by atoms with Gasteiger partial charge in [0.2, 0.25) is 0 Å². The van der Waals surface area contributed by atoms with Crippen LogP contribution in [0.4, 0.5) is 4.79 Å². The summed E-state index contributed by atoms with van der Waals surface area (Å²) >= 11 is 1.44. The molecule has 2 atom stereocenters. The van der Waals surface area contributed by atoms with Gasteiger partial charge < -0.3 is 15.7 Å². The molecule has 0 fully saturated rings. The number of aliphatic carboxylic acids is 1. The summed E-state index contributed by atoms with van der Waals surface area (Å²) in [5.74, 6) is -1.14. The number of urea groups is 1. The van der Waals surface area contributed by atoms with Gasteiger partial charge in [-0.05, 0) is 5.92 Å². The van der Waals surface area contributed by atoms with Crippen LogP contribution >= 0.6 is 11.3 Å². The molecule has 0 spiro atoms. The minimum Gasteiger partial charge on any atom is -0.480 e. The second-order valence-electron chi connectivity index (χ2n) is 4.01. The Balaban J connectivity index is 2.44. The van der Waals surface area contributed by atoms with Crippen molar-refractivity contribution < 1.29 is 14.7 Å². The molecule has 6 nitrogen and oxygen atoms in total. The molecule has 2 amide bonds. The van der Waals surface area contributed by atoms with E-state index in [1.54, 1.807) is 12.4 Å². The standard InChI is InChI=1S/C11H17N3O3S/c1-3-7(2)9(10(15)16)14-11(17)12-4-8-5-18-6-13-8/h5-7,9H,3-4H2,1-2H3,(H,15,16)(H2,12,14,17)/t7?,9-/m0/s1. The maximum Gasteiger partial charge on any atom is 0.326 e. The van der Waals surface area contributed by atoms with E-state index in [1.165, 1.54) is 11.3 Å². The monoisotopic (exact) mass is 271 g/mol. The van der Waals surface area contributed by atoms with Gasteiger partial charge in [0.25, 0.3) is 0 Å². The Morgan fingerprint density at radius 2 is 2.28 bits per heavy atom. The summed E-state index contributed by atoms with van der Waals surface area (Å²) in [4.78, 5) is 26.6. The molecule has 1 unspecified atom stereocenters. The summed E-state index contributed by atoms with van der Waals surface area (Å²) in [6, 6.07) is -1.36. The summed E-state index contributed by atoms with van der Waals surface area (Å²) in [7, 11) is 0. The molecular weight excluding hydrogens is 254 g/mol. The molecule has 0 saturated carbocycles. The molecule has 0 aliphatic heterocycles. The second kappa shape index (κ2) is 6.95. The SMILES string of the molecule is CCC(C)[C@H](NC(=O)NCc1cscn1)C(=O)O.